The van der Waals surface area contributed by atoms with Crippen molar-refractivity contribution in [2.24, 2.45) is 0 Å². The van der Waals surface area contributed by atoms with E-state index in [1.807, 2.05) is 0 Å². The van der Waals surface area contributed by atoms with E-state index in [1.165, 1.54) is 39.2 Å². The van der Waals surface area contributed by atoms with E-state index in [0.29, 0.717) is 11.3 Å². The second-order valence-corrected chi connectivity index (χ2v) is 8.88. The molecule has 0 aromatic heterocycles. The minimum atomic E-state index is -3.63. The van der Waals surface area contributed by atoms with E-state index in [9.17, 15) is 18.0 Å². The third-order valence-electron chi connectivity index (χ3n) is 4.43. The predicted octanol–water partition coefficient (Wildman–Crippen LogP) is 2.05. The van der Waals surface area contributed by atoms with Crippen molar-refractivity contribution >= 4 is 27.6 Å². The summed E-state index contributed by atoms with van der Waals surface area (Å²) in [7, 11) is -0.765. The second-order valence-electron chi connectivity index (χ2n) is 6.72. The van der Waals surface area contributed by atoms with Crippen LogP contribution in [0.15, 0.2) is 53.4 Å². The molecule has 0 saturated heterocycles. The van der Waals surface area contributed by atoms with Gasteiger partial charge in [0, 0.05) is 26.2 Å². The van der Waals surface area contributed by atoms with Crippen LogP contribution in [0.4, 0.5) is 5.69 Å². The monoisotopic (exact) mass is 388 g/mol. The smallest absolute Gasteiger partial charge is 0.339 e. The summed E-state index contributed by atoms with van der Waals surface area (Å²) in [5.74, 6) is -1.08. The van der Waals surface area contributed by atoms with Gasteiger partial charge in [-0.25, -0.2) is 17.5 Å². The minimum absolute atomic E-state index is 0.0569. The zero-order chi connectivity index (χ0) is 19.8. The van der Waals surface area contributed by atoms with Crippen molar-refractivity contribution in [2.45, 2.75) is 23.8 Å². The molecule has 1 N–H and O–H groups in total. The predicted molar refractivity (Wildman–Crippen MR) is 99.9 cm³/mol. The quantitative estimate of drug-likeness (QED) is 0.809. The summed E-state index contributed by atoms with van der Waals surface area (Å²) in [5, 5.41) is 2.66. The number of benzene rings is 2. The largest absolute Gasteiger partial charge is 0.445 e. The van der Waals surface area contributed by atoms with Gasteiger partial charge in [-0.1, -0.05) is 24.3 Å². The topological polar surface area (TPSA) is 92.8 Å². The molecule has 0 unspecified atom stereocenters. The molecule has 2 aromatic rings. The van der Waals surface area contributed by atoms with Crippen LogP contribution < -0.4 is 5.32 Å². The van der Waals surface area contributed by atoms with Gasteiger partial charge >= 0.3 is 5.97 Å². The third-order valence-corrected chi connectivity index (χ3v) is 6.24. The molecule has 0 bridgehead atoms. The summed E-state index contributed by atoms with van der Waals surface area (Å²) < 4.78 is 31.0. The van der Waals surface area contributed by atoms with Crippen LogP contribution in [0.3, 0.4) is 0 Å². The van der Waals surface area contributed by atoms with Gasteiger partial charge in [0.2, 0.25) is 10.0 Å². The normalized spacial score (nSPS) is 19.3. The van der Waals surface area contributed by atoms with E-state index in [4.69, 9.17) is 4.74 Å². The summed E-state index contributed by atoms with van der Waals surface area (Å²) in [6, 6.07) is 12.9. The van der Waals surface area contributed by atoms with Gasteiger partial charge in [0.15, 0.2) is 5.60 Å². The Hall–Kier alpha value is -2.71. The molecular weight excluding hydrogens is 368 g/mol. The molecule has 3 rings (SSSR count). The number of nitrogens with zero attached hydrogens (tertiary/aromatic N) is 1. The Labute approximate surface area is 158 Å². The molecule has 0 radical (unpaired) electrons. The molecule has 0 saturated carbocycles. The van der Waals surface area contributed by atoms with E-state index in [1.54, 1.807) is 30.3 Å². The van der Waals surface area contributed by atoms with Gasteiger partial charge in [-0.2, -0.15) is 0 Å². The maximum absolute atomic E-state index is 12.8. The summed E-state index contributed by atoms with van der Waals surface area (Å²) in [6.07, 6.45) is 0.233. The number of ether oxygens (including phenoxy) is 1. The van der Waals surface area contributed by atoms with Crippen LogP contribution in [0.25, 0.3) is 0 Å². The molecule has 27 heavy (non-hydrogen) atoms. The molecule has 142 valence electrons. The number of hydrogen-bond acceptors (Lipinski definition) is 5. The van der Waals surface area contributed by atoms with Crippen molar-refractivity contribution in [1.29, 1.82) is 0 Å². The number of nitrogens with one attached hydrogen (secondary N) is 1. The van der Waals surface area contributed by atoms with Gasteiger partial charge in [0.1, 0.15) is 0 Å². The zero-order valence-electron chi connectivity index (χ0n) is 15.2. The Morgan fingerprint density at radius 3 is 2.56 bits per heavy atom. The van der Waals surface area contributed by atoms with Crippen molar-refractivity contribution in [3.05, 3.63) is 59.7 Å². The first-order valence-electron chi connectivity index (χ1n) is 8.29. The van der Waals surface area contributed by atoms with E-state index in [2.05, 4.69) is 5.32 Å². The van der Waals surface area contributed by atoms with Crippen LogP contribution in [-0.4, -0.2) is 44.3 Å². The van der Waals surface area contributed by atoms with E-state index in [0.717, 1.165) is 9.87 Å². The maximum atomic E-state index is 12.8. The molecule has 1 heterocycles. The SMILES string of the molecule is CN(C)S(=O)(=O)c1cccc(NC(=O)[C@]2(C)Cc3ccccc3C(=O)O2)c1. The van der Waals surface area contributed by atoms with Crippen LogP contribution in [0.1, 0.15) is 22.8 Å². The van der Waals surface area contributed by atoms with Crippen molar-refractivity contribution in [1.82, 2.24) is 4.31 Å². The van der Waals surface area contributed by atoms with Gasteiger partial charge in [-0.3, -0.25) is 4.79 Å². The van der Waals surface area contributed by atoms with Gasteiger partial charge in [-0.15, -0.1) is 0 Å². The molecular formula is C19H20N2O5S. The molecule has 2 aromatic carbocycles. The average Bonchev–Trinajstić information content (AvgIpc) is 2.61. The Balaban J connectivity index is 1.85. The number of sulfonamides is 1. The molecule has 1 aliphatic rings. The van der Waals surface area contributed by atoms with E-state index >= 15 is 0 Å². The minimum Gasteiger partial charge on any atom is -0.445 e. The van der Waals surface area contributed by atoms with Crippen LogP contribution in [0.2, 0.25) is 0 Å². The second kappa shape index (κ2) is 6.79. The number of rotatable bonds is 4. The lowest BCUT2D eigenvalue weighted by Crippen LogP contribution is -2.48. The number of anilines is 1. The fourth-order valence-corrected chi connectivity index (χ4v) is 3.82. The molecule has 8 heteroatoms. The van der Waals surface area contributed by atoms with E-state index < -0.39 is 27.5 Å². The lowest BCUT2D eigenvalue weighted by atomic mass is 9.89. The number of cyclic esters (lactones) is 1. The average molecular weight is 388 g/mol. The first kappa shape index (κ1) is 19.1. The fraction of sp³-hybridized carbons (Fsp3) is 0.263. The van der Waals surface area contributed by atoms with Gasteiger partial charge < -0.3 is 10.1 Å². The highest BCUT2D eigenvalue weighted by molar-refractivity contribution is 7.89. The van der Waals surface area contributed by atoms with Gasteiger partial charge in [-0.05, 0) is 36.8 Å². The van der Waals surface area contributed by atoms with Crippen molar-refractivity contribution in [3.8, 4) is 0 Å². The van der Waals surface area contributed by atoms with Crippen molar-refractivity contribution in [3.63, 3.8) is 0 Å². The molecule has 0 spiro atoms. The van der Waals surface area contributed by atoms with Crippen LogP contribution >= 0.6 is 0 Å². The summed E-state index contributed by atoms with van der Waals surface area (Å²) in [5.41, 5.74) is 0.0956. The van der Waals surface area contributed by atoms with Crippen LogP contribution in [0.5, 0.6) is 0 Å². The van der Waals surface area contributed by atoms with Crippen LogP contribution in [-0.2, 0) is 26.0 Å². The number of esters is 1. The summed E-state index contributed by atoms with van der Waals surface area (Å²) >= 11 is 0. The Kier molecular flexibility index (Phi) is 4.79. The standard InChI is InChI=1S/C19H20N2O5S/c1-19(12-13-7-4-5-10-16(13)17(22)26-19)18(23)20-14-8-6-9-15(11-14)27(24,25)21(2)3/h4-11H,12H2,1-3H3,(H,20,23)/t19-/m0/s1. The first-order valence-corrected chi connectivity index (χ1v) is 9.73. The number of amides is 1. The fourth-order valence-electron chi connectivity index (χ4n) is 2.87. The van der Waals surface area contributed by atoms with E-state index in [-0.39, 0.29) is 11.3 Å². The van der Waals surface area contributed by atoms with Crippen molar-refractivity contribution in [2.75, 3.05) is 19.4 Å². The highest BCUT2D eigenvalue weighted by Gasteiger charge is 2.42. The lowest BCUT2D eigenvalue weighted by molar-refractivity contribution is -0.134. The first-order chi connectivity index (χ1) is 12.6. The summed E-state index contributed by atoms with van der Waals surface area (Å²) in [6.45, 7) is 1.54. The number of carbonyl (C=O) groups excluding carboxylic acids is 2. The highest BCUT2D eigenvalue weighted by atomic mass is 32.2. The lowest BCUT2D eigenvalue weighted by Gasteiger charge is -2.33. The van der Waals surface area contributed by atoms with Crippen LogP contribution in [0, 0.1) is 0 Å². The molecule has 0 fully saturated rings. The molecule has 1 amide bonds. The molecule has 7 nitrogen and oxygen atoms in total. The summed E-state index contributed by atoms with van der Waals surface area (Å²) in [4.78, 5) is 25.1. The number of carbonyl (C=O) groups is 2. The Morgan fingerprint density at radius 2 is 1.85 bits per heavy atom. The number of fused-ring (bicyclic) bond motifs is 1. The molecule has 1 aliphatic heterocycles. The van der Waals surface area contributed by atoms with Gasteiger partial charge in [0.25, 0.3) is 5.91 Å². The number of hydrogen-bond donors (Lipinski definition) is 1. The molecule has 1 atom stereocenters. The zero-order valence-corrected chi connectivity index (χ0v) is 16.0. The molecule has 0 aliphatic carbocycles. The third kappa shape index (κ3) is 3.58. The maximum Gasteiger partial charge on any atom is 0.339 e. The van der Waals surface area contributed by atoms with Crippen molar-refractivity contribution < 1.29 is 22.7 Å². The van der Waals surface area contributed by atoms with Gasteiger partial charge in [0.05, 0.1) is 10.5 Å². The Bertz CT molecular complexity index is 1020. The Morgan fingerprint density at radius 1 is 1.15 bits per heavy atom. The highest BCUT2D eigenvalue weighted by Crippen LogP contribution is 2.29.